The highest BCUT2D eigenvalue weighted by molar-refractivity contribution is 5.91. The fraction of sp³-hybridized carbons (Fsp3) is 0.235. The van der Waals surface area contributed by atoms with Crippen molar-refractivity contribution in [2.75, 3.05) is 20.6 Å². The molecule has 1 amide bonds. The van der Waals surface area contributed by atoms with Gasteiger partial charge in [0.05, 0.1) is 17.2 Å². The zero-order chi connectivity index (χ0) is 17.5. The molecule has 0 aliphatic heterocycles. The highest BCUT2D eigenvalue weighted by Crippen LogP contribution is 2.17. The van der Waals surface area contributed by atoms with Gasteiger partial charge in [0, 0.05) is 24.8 Å². The predicted octanol–water partition coefficient (Wildman–Crippen LogP) is 2.62. The van der Waals surface area contributed by atoms with Crippen LogP contribution in [0.25, 0.3) is 6.08 Å². The maximum atomic E-state index is 11.9. The number of hydrogen-bond acceptors (Lipinski definition) is 5. The van der Waals surface area contributed by atoms with Crippen LogP contribution >= 0.6 is 0 Å². The summed E-state index contributed by atoms with van der Waals surface area (Å²) in [5.74, 6) is 0.534. The smallest absolute Gasteiger partial charge is 0.269 e. The number of rotatable bonds is 7. The van der Waals surface area contributed by atoms with Crippen molar-refractivity contribution in [3.63, 3.8) is 0 Å². The van der Waals surface area contributed by atoms with Gasteiger partial charge < -0.3 is 9.73 Å². The molecule has 0 fully saturated rings. The molecule has 2 rings (SSSR count). The molecule has 2 aromatic rings. The van der Waals surface area contributed by atoms with Gasteiger partial charge in [0.2, 0.25) is 5.91 Å². The molecule has 1 N–H and O–H groups in total. The molecule has 1 atom stereocenters. The van der Waals surface area contributed by atoms with Crippen molar-refractivity contribution in [3.8, 4) is 0 Å². The molecule has 7 nitrogen and oxygen atoms in total. The highest BCUT2D eigenvalue weighted by Gasteiger charge is 2.17. The number of benzene rings is 1. The van der Waals surface area contributed by atoms with Gasteiger partial charge in [0.25, 0.3) is 5.69 Å². The molecule has 1 unspecified atom stereocenters. The fourth-order valence-corrected chi connectivity index (χ4v) is 2.15. The zero-order valence-electron chi connectivity index (χ0n) is 13.5. The van der Waals surface area contributed by atoms with Gasteiger partial charge in [-0.2, -0.15) is 0 Å². The second-order valence-electron chi connectivity index (χ2n) is 5.42. The van der Waals surface area contributed by atoms with E-state index in [0.29, 0.717) is 12.1 Å². The van der Waals surface area contributed by atoms with Crippen LogP contribution in [0.1, 0.15) is 17.4 Å². The van der Waals surface area contributed by atoms with Crippen molar-refractivity contribution in [2.24, 2.45) is 0 Å². The molecule has 0 spiro atoms. The standard InChI is InChI=1S/C17H19N3O4/c1-19(2)15(16-4-3-11-24-16)12-18-17(21)10-7-13-5-8-14(9-6-13)20(22)23/h3-11,15H,12H2,1-2H3,(H,18,21)/b10-7+. The van der Waals surface area contributed by atoms with E-state index in [1.54, 1.807) is 24.5 Å². The first kappa shape index (κ1) is 17.4. The summed E-state index contributed by atoms with van der Waals surface area (Å²) in [4.78, 5) is 24.0. The molecule has 0 aliphatic carbocycles. The van der Waals surface area contributed by atoms with E-state index in [0.717, 1.165) is 5.76 Å². The number of amides is 1. The van der Waals surface area contributed by atoms with Crippen molar-refractivity contribution in [3.05, 3.63) is 70.2 Å². The number of non-ortho nitro benzene ring substituents is 1. The van der Waals surface area contributed by atoms with E-state index in [9.17, 15) is 14.9 Å². The number of nitro benzene ring substituents is 1. The van der Waals surface area contributed by atoms with E-state index >= 15 is 0 Å². The summed E-state index contributed by atoms with van der Waals surface area (Å²) < 4.78 is 5.38. The van der Waals surface area contributed by atoms with E-state index < -0.39 is 4.92 Å². The summed E-state index contributed by atoms with van der Waals surface area (Å²) in [6.45, 7) is 0.407. The molecule has 0 aliphatic rings. The van der Waals surface area contributed by atoms with Crippen LogP contribution in [-0.4, -0.2) is 36.4 Å². The van der Waals surface area contributed by atoms with Crippen LogP contribution in [0.2, 0.25) is 0 Å². The Bertz CT molecular complexity index is 706. The quantitative estimate of drug-likeness (QED) is 0.479. The lowest BCUT2D eigenvalue weighted by molar-refractivity contribution is -0.384. The molecule has 0 radical (unpaired) electrons. The van der Waals surface area contributed by atoms with Gasteiger partial charge >= 0.3 is 0 Å². The highest BCUT2D eigenvalue weighted by atomic mass is 16.6. The van der Waals surface area contributed by atoms with Gasteiger partial charge in [-0.05, 0) is 50.0 Å². The fourth-order valence-electron chi connectivity index (χ4n) is 2.15. The van der Waals surface area contributed by atoms with Crippen molar-refractivity contribution < 1.29 is 14.1 Å². The largest absolute Gasteiger partial charge is 0.468 e. The molecule has 1 aromatic heterocycles. The Morgan fingerprint density at radius 2 is 2.04 bits per heavy atom. The number of likely N-dealkylation sites (N-methyl/N-ethyl adjacent to an activating group) is 1. The topological polar surface area (TPSA) is 88.6 Å². The predicted molar refractivity (Wildman–Crippen MR) is 90.3 cm³/mol. The Morgan fingerprint density at radius 3 is 2.58 bits per heavy atom. The molecule has 7 heteroatoms. The van der Waals surface area contributed by atoms with Crippen LogP contribution in [-0.2, 0) is 4.79 Å². The summed E-state index contributed by atoms with van der Waals surface area (Å²) in [6.07, 6.45) is 4.61. The minimum atomic E-state index is -0.462. The van der Waals surface area contributed by atoms with E-state index in [1.165, 1.54) is 18.2 Å². The summed E-state index contributed by atoms with van der Waals surface area (Å²) in [5.41, 5.74) is 0.731. The average Bonchev–Trinajstić information content (AvgIpc) is 3.07. The first-order chi connectivity index (χ1) is 11.5. The van der Waals surface area contributed by atoms with Crippen LogP contribution in [0, 0.1) is 10.1 Å². The Morgan fingerprint density at radius 1 is 1.33 bits per heavy atom. The maximum Gasteiger partial charge on any atom is 0.269 e. The number of furan rings is 1. The lowest BCUT2D eigenvalue weighted by Crippen LogP contribution is -2.33. The van der Waals surface area contributed by atoms with E-state index in [-0.39, 0.29) is 17.6 Å². The molecular formula is C17H19N3O4. The van der Waals surface area contributed by atoms with Gasteiger partial charge in [0.15, 0.2) is 0 Å². The summed E-state index contributed by atoms with van der Waals surface area (Å²) >= 11 is 0. The molecular weight excluding hydrogens is 310 g/mol. The number of carbonyl (C=O) groups excluding carboxylic acids is 1. The van der Waals surface area contributed by atoms with Gasteiger partial charge in [0.1, 0.15) is 5.76 Å². The maximum absolute atomic E-state index is 11.9. The number of nitro groups is 1. The van der Waals surface area contributed by atoms with Crippen molar-refractivity contribution in [2.45, 2.75) is 6.04 Å². The minimum absolute atomic E-state index is 0.0175. The van der Waals surface area contributed by atoms with Gasteiger partial charge in [-0.15, -0.1) is 0 Å². The number of carbonyl (C=O) groups is 1. The molecule has 0 saturated heterocycles. The molecule has 0 saturated carbocycles. The van der Waals surface area contributed by atoms with E-state index in [1.807, 2.05) is 31.1 Å². The second-order valence-corrected chi connectivity index (χ2v) is 5.42. The molecule has 1 heterocycles. The third-order valence-corrected chi connectivity index (χ3v) is 3.50. The van der Waals surface area contributed by atoms with Crippen LogP contribution in [0.5, 0.6) is 0 Å². The monoisotopic (exact) mass is 329 g/mol. The van der Waals surface area contributed by atoms with Crippen LogP contribution in [0.15, 0.2) is 53.2 Å². The summed E-state index contributed by atoms with van der Waals surface area (Å²) in [7, 11) is 3.82. The Kier molecular flexibility index (Phi) is 5.86. The van der Waals surface area contributed by atoms with Crippen molar-refractivity contribution in [1.82, 2.24) is 10.2 Å². The average molecular weight is 329 g/mol. The molecule has 24 heavy (non-hydrogen) atoms. The first-order valence-electron chi connectivity index (χ1n) is 7.37. The van der Waals surface area contributed by atoms with Crippen LogP contribution in [0.3, 0.4) is 0 Å². The Balaban J connectivity index is 1.91. The second kappa shape index (κ2) is 8.07. The van der Waals surface area contributed by atoms with Gasteiger partial charge in [-0.25, -0.2) is 0 Å². The molecule has 1 aromatic carbocycles. The van der Waals surface area contributed by atoms with Crippen molar-refractivity contribution >= 4 is 17.7 Å². The molecule has 0 bridgehead atoms. The third kappa shape index (κ3) is 4.79. The lowest BCUT2D eigenvalue weighted by atomic mass is 10.2. The summed E-state index contributed by atoms with van der Waals surface area (Å²) in [6, 6.07) is 9.59. The Labute approximate surface area is 139 Å². The van der Waals surface area contributed by atoms with Gasteiger partial charge in [-0.1, -0.05) is 0 Å². The van der Waals surface area contributed by atoms with E-state index in [4.69, 9.17) is 4.42 Å². The third-order valence-electron chi connectivity index (χ3n) is 3.50. The minimum Gasteiger partial charge on any atom is -0.468 e. The normalized spacial score (nSPS) is 12.5. The van der Waals surface area contributed by atoms with Crippen LogP contribution in [0.4, 0.5) is 5.69 Å². The van der Waals surface area contributed by atoms with Gasteiger partial charge in [-0.3, -0.25) is 19.8 Å². The summed E-state index contributed by atoms with van der Waals surface area (Å²) in [5, 5.41) is 13.4. The number of nitrogens with zero attached hydrogens (tertiary/aromatic N) is 2. The lowest BCUT2D eigenvalue weighted by Gasteiger charge is -2.22. The molecule has 126 valence electrons. The van der Waals surface area contributed by atoms with Crippen molar-refractivity contribution in [1.29, 1.82) is 0 Å². The Hall–Kier alpha value is -2.93. The zero-order valence-corrected chi connectivity index (χ0v) is 13.5. The van der Waals surface area contributed by atoms with E-state index in [2.05, 4.69) is 5.32 Å². The number of hydrogen-bond donors (Lipinski definition) is 1. The number of nitrogens with one attached hydrogen (secondary N) is 1. The first-order valence-corrected chi connectivity index (χ1v) is 7.37. The van der Waals surface area contributed by atoms with Crippen LogP contribution < -0.4 is 5.32 Å². The SMILES string of the molecule is CN(C)C(CNC(=O)/C=C/c1ccc([N+](=O)[O-])cc1)c1ccco1.